The topological polar surface area (TPSA) is 159 Å². The summed E-state index contributed by atoms with van der Waals surface area (Å²) in [5, 5.41) is 14.9. The summed E-state index contributed by atoms with van der Waals surface area (Å²) < 4.78 is 0. The number of H-pyrrole nitrogens is 2. The van der Waals surface area contributed by atoms with Crippen LogP contribution in [-0.4, -0.2) is 84.5 Å². The third-order valence-corrected chi connectivity index (χ3v) is 9.53. The molecule has 3 atom stereocenters. The molecule has 2 aliphatic rings. The van der Waals surface area contributed by atoms with E-state index in [9.17, 15) is 19.5 Å². The molecule has 5 N–H and O–H groups in total. The van der Waals surface area contributed by atoms with E-state index in [2.05, 4.69) is 79.1 Å². The lowest BCUT2D eigenvalue weighted by Gasteiger charge is -2.29. The van der Waals surface area contributed by atoms with Crippen LogP contribution in [0.4, 0.5) is 4.79 Å². The van der Waals surface area contributed by atoms with E-state index in [0.29, 0.717) is 18.9 Å². The molecule has 258 valence electrons. The average molecular weight is 667 g/mol. The number of carbonyl (C=O) groups is 3. The molecular formula is C37H46N8O4. The maximum absolute atomic E-state index is 13.3. The summed E-state index contributed by atoms with van der Waals surface area (Å²) >= 11 is 0. The van der Waals surface area contributed by atoms with Gasteiger partial charge in [-0.15, -0.1) is 0 Å². The van der Waals surface area contributed by atoms with Crippen molar-refractivity contribution in [2.24, 2.45) is 5.92 Å². The number of amides is 3. The number of benzene rings is 2. The van der Waals surface area contributed by atoms with Crippen molar-refractivity contribution in [2.75, 3.05) is 19.6 Å². The van der Waals surface area contributed by atoms with Crippen molar-refractivity contribution in [2.45, 2.75) is 77.5 Å². The Balaban J connectivity index is 1.10. The Labute approximate surface area is 286 Å². The normalized spacial score (nSPS) is 18.4. The van der Waals surface area contributed by atoms with Crippen LogP contribution in [0.5, 0.6) is 0 Å². The predicted octanol–water partition coefficient (Wildman–Crippen LogP) is 5.75. The number of hydrogen-bond acceptors (Lipinski definition) is 6. The summed E-state index contributed by atoms with van der Waals surface area (Å²) in [6.07, 6.45) is 5.90. The summed E-state index contributed by atoms with van der Waals surface area (Å²) in [5.41, 5.74) is 5.95. The molecule has 2 aliphatic heterocycles. The summed E-state index contributed by atoms with van der Waals surface area (Å²) in [5.74, 6) is 1.25. The monoisotopic (exact) mass is 666 g/mol. The zero-order valence-electron chi connectivity index (χ0n) is 28.6. The molecule has 12 nitrogen and oxygen atoms in total. The second-order valence-corrected chi connectivity index (χ2v) is 13.7. The van der Waals surface area contributed by atoms with Crippen LogP contribution in [0.25, 0.3) is 33.6 Å². The number of nitrogens with zero attached hydrogens (tertiary/aromatic N) is 4. The first kappa shape index (κ1) is 33.9. The lowest BCUT2D eigenvalue weighted by Crippen LogP contribution is -2.50. The molecule has 2 saturated heterocycles. The van der Waals surface area contributed by atoms with Gasteiger partial charge in [0.1, 0.15) is 17.7 Å². The molecule has 2 fully saturated rings. The smallest absolute Gasteiger partial charge is 0.405 e. The minimum absolute atomic E-state index is 0.0307. The summed E-state index contributed by atoms with van der Waals surface area (Å²) in [6.45, 7) is 9.40. The second-order valence-electron chi connectivity index (χ2n) is 13.7. The van der Waals surface area contributed by atoms with Crippen molar-refractivity contribution < 1.29 is 19.5 Å². The van der Waals surface area contributed by atoms with Gasteiger partial charge in [-0.25, -0.2) is 14.8 Å². The molecule has 6 rings (SSSR count). The van der Waals surface area contributed by atoms with E-state index in [4.69, 9.17) is 0 Å². The number of aromatic nitrogens is 4. The quantitative estimate of drug-likeness (QED) is 0.136. The van der Waals surface area contributed by atoms with E-state index in [1.54, 1.807) is 11.1 Å². The van der Waals surface area contributed by atoms with Crippen molar-refractivity contribution in [3.05, 3.63) is 72.6 Å². The lowest BCUT2D eigenvalue weighted by atomic mass is 10.0. The van der Waals surface area contributed by atoms with Crippen LogP contribution in [0.15, 0.2) is 60.9 Å². The van der Waals surface area contributed by atoms with Crippen LogP contribution < -0.4 is 10.6 Å². The number of rotatable bonds is 11. The first-order valence-corrected chi connectivity index (χ1v) is 17.2. The Kier molecular flexibility index (Phi) is 10.1. The highest BCUT2D eigenvalue weighted by Crippen LogP contribution is 2.34. The van der Waals surface area contributed by atoms with Gasteiger partial charge in [0, 0.05) is 19.1 Å². The van der Waals surface area contributed by atoms with Crippen molar-refractivity contribution in [3.63, 3.8) is 0 Å². The van der Waals surface area contributed by atoms with Gasteiger partial charge in [0.15, 0.2) is 0 Å². The van der Waals surface area contributed by atoms with Crippen LogP contribution >= 0.6 is 0 Å². The van der Waals surface area contributed by atoms with Gasteiger partial charge in [-0.1, -0.05) is 76.2 Å². The Hall–Kier alpha value is -4.97. The first-order chi connectivity index (χ1) is 23.6. The van der Waals surface area contributed by atoms with Crippen LogP contribution in [0.2, 0.25) is 0 Å². The molecule has 0 spiro atoms. The van der Waals surface area contributed by atoms with Crippen LogP contribution in [0.1, 0.15) is 77.1 Å². The van der Waals surface area contributed by atoms with E-state index in [1.807, 2.05) is 38.8 Å². The average Bonchev–Trinajstić information content (AvgIpc) is 3.92. The van der Waals surface area contributed by atoms with E-state index < -0.39 is 12.1 Å². The zero-order valence-corrected chi connectivity index (χ0v) is 28.6. The number of likely N-dealkylation sites (tertiary alicyclic amines) is 2. The van der Waals surface area contributed by atoms with E-state index >= 15 is 0 Å². The molecule has 4 aromatic rings. The minimum atomic E-state index is -1.20. The van der Waals surface area contributed by atoms with Gasteiger partial charge >= 0.3 is 6.09 Å². The van der Waals surface area contributed by atoms with Gasteiger partial charge in [-0.2, -0.15) is 0 Å². The molecule has 2 aromatic carbocycles. The largest absolute Gasteiger partial charge is 0.465 e. The van der Waals surface area contributed by atoms with Crippen LogP contribution in [-0.2, 0) is 9.59 Å². The van der Waals surface area contributed by atoms with Crippen molar-refractivity contribution in [3.8, 4) is 33.6 Å². The van der Waals surface area contributed by atoms with Crippen molar-refractivity contribution in [1.29, 1.82) is 0 Å². The Morgan fingerprint density at radius 3 is 1.71 bits per heavy atom. The number of imidazole rings is 2. The SMILES string of the molecule is CC(C)NCC(=O)N1CCC[C@H]1c1ncc(-c2ccc(-c3ccc(-c4cnc([C@@H]5CCCN5C(=O)[C@@H](NC(=O)O)C(C)C)[nH]4)cc3)cc2)[nH]1. The Bertz CT molecular complexity index is 1760. The molecule has 3 amide bonds. The number of nitrogens with one attached hydrogen (secondary N) is 4. The maximum atomic E-state index is 13.3. The lowest BCUT2D eigenvalue weighted by molar-refractivity contribution is -0.135. The van der Waals surface area contributed by atoms with Crippen LogP contribution in [0, 0.1) is 5.92 Å². The molecule has 4 heterocycles. The molecule has 49 heavy (non-hydrogen) atoms. The van der Waals surface area contributed by atoms with Crippen molar-refractivity contribution >= 4 is 17.9 Å². The number of aromatic amines is 2. The fraction of sp³-hybridized carbons (Fsp3) is 0.432. The summed E-state index contributed by atoms with van der Waals surface area (Å²) in [6, 6.07) is 15.8. The molecule has 0 bridgehead atoms. The highest BCUT2D eigenvalue weighted by molar-refractivity contribution is 5.86. The second kappa shape index (κ2) is 14.7. The highest BCUT2D eigenvalue weighted by Gasteiger charge is 2.37. The molecule has 0 radical (unpaired) electrons. The molecule has 2 aromatic heterocycles. The molecule has 0 aliphatic carbocycles. The zero-order chi connectivity index (χ0) is 34.7. The van der Waals surface area contributed by atoms with Gasteiger partial charge < -0.3 is 35.5 Å². The Morgan fingerprint density at radius 1 is 0.776 bits per heavy atom. The fourth-order valence-corrected chi connectivity index (χ4v) is 6.87. The molecule has 0 unspecified atom stereocenters. The van der Waals surface area contributed by atoms with Gasteiger partial charge in [0.25, 0.3) is 0 Å². The maximum Gasteiger partial charge on any atom is 0.405 e. The van der Waals surface area contributed by atoms with E-state index in [1.165, 1.54) is 0 Å². The van der Waals surface area contributed by atoms with E-state index in [-0.39, 0.29) is 35.9 Å². The van der Waals surface area contributed by atoms with E-state index in [0.717, 1.165) is 71.7 Å². The molecular weight excluding hydrogens is 620 g/mol. The molecule has 0 saturated carbocycles. The standard InChI is InChI=1S/C37H46N8O4/c1-22(2)33(43-37(48)49)36(47)45-18-6-8-31(45)35-40-20-29(42-35)27-15-11-25(12-16-27)24-9-13-26(14-10-24)28-19-39-34(41-28)30-7-5-17-44(30)32(46)21-38-23(3)4/h9-16,19-20,22-23,30-31,33,38,43H,5-8,17-18,21H2,1-4H3,(H,39,41)(H,40,42)(H,48,49)/t30-,31-,33-/m0/s1. The Morgan fingerprint density at radius 2 is 1.24 bits per heavy atom. The third kappa shape index (κ3) is 7.54. The fourth-order valence-electron chi connectivity index (χ4n) is 6.87. The van der Waals surface area contributed by atoms with Crippen LogP contribution in [0.3, 0.4) is 0 Å². The molecule has 12 heteroatoms. The van der Waals surface area contributed by atoms with Gasteiger partial charge in [-0.3, -0.25) is 9.59 Å². The van der Waals surface area contributed by atoms with Crippen molar-refractivity contribution in [1.82, 2.24) is 40.4 Å². The highest BCUT2D eigenvalue weighted by atomic mass is 16.4. The third-order valence-electron chi connectivity index (χ3n) is 9.53. The first-order valence-electron chi connectivity index (χ1n) is 17.2. The number of carboxylic acid groups (broad SMARTS) is 1. The number of hydrogen-bond donors (Lipinski definition) is 5. The van der Waals surface area contributed by atoms with Gasteiger partial charge in [0.2, 0.25) is 11.8 Å². The van der Waals surface area contributed by atoms with Gasteiger partial charge in [-0.05, 0) is 53.9 Å². The summed E-state index contributed by atoms with van der Waals surface area (Å²) in [4.78, 5) is 57.3. The summed E-state index contributed by atoms with van der Waals surface area (Å²) in [7, 11) is 0. The predicted molar refractivity (Wildman–Crippen MR) is 187 cm³/mol. The number of carbonyl (C=O) groups excluding carboxylic acids is 2. The minimum Gasteiger partial charge on any atom is -0.465 e. The van der Waals surface area contributed by atoms with Gasteiger partial charge in [0.05, 0.1) is 42.4 Å².